The van der Waals surface area contributed by atoms with E-state index < -0.39 is 0 Å². The maximum atomic E-state index is 13.4. The Kier molecular flexibility index (Phi) is 8.87. The number of hydrogen-bond donors (Lipinski definition) is 1. The molecule has 6 rings (SSSR count). The van der Waals surface area contributed by atoms with E-state index >= 15 is 0 Å². The van der Waals surface area contributed by atoms with Crippen LogP contribution < -0.4 is 10.1 Å². The van der Waals surface area contributed by atoms with Crippen molar-refractivity contribution in [3.8, 4) is 5.75 Å². The van der Waals surface area contributed by atoms with Gasteiger partial charge in [0.25, 0.3) is 5.91 Å². The van der Waals surface area contributed by atoms with Crippen molar-refractivity contribution in [2.45, 2.75) is 70.6 Å². The Hall–Kier alpha value is -3.61. The lowest BCUT2D eigenvalue weighted by Crippen LogP contribution is -2.43. The van der Waals surface area contributed by atoms with Crippen molar-refractivity contribution in [2.24, 2.45) is 5.92 Å². The number of aryl methyl sites for hydroxylation is 2. The first kappa shape index (κ1) is 29.5. The fourth-order valence-electron chi connectivity index (χ4n) is 7.31. The Morgan fingerprint density at radius 1 is 0.977 bits per heavy atom. The van der Waals surface area contributed by atoms with Gasteiger partial charge >= 0.3 is 0 Å². The van der Waals surface area contributed by atoms with Crippen LogP contribution in [0, 0.1) is 12.8 Å². The molecule has 0 saturated carbocycles. The molecule has 3 atom stereocenters. The number of carbonyl (C=O) groups excluding carboxylic acids is 2. The molecule has 4 aromatic rings. The largest absolute Gasteiger partial charge is 0.495 e. The quantitative estimate of drug-likeness (QED) is 0.182. The molecule has 1 amide bonds. The van der Waals surface area contributed by atoms with Gasteiger partial charge in [0.15, 0.2) is 5.78 Å². The van der Waals surface area contributed by atoms with Crippen molar-refractivity contribution < 1.29 is 14.3 Å². The zero-order chi connectivity index (χ0) is 29.9. The molecule has 0 aliphatic carbocycles. The van der Waals surface area contributed by atoms with Crippen LogP contribution in [-0.2, 0) is 13.1 Å². The summed E-state index contributed by atoms with van der Waals surface area (Å²) in [6.45, 7) is 4.36. The number of Topliss-reactive ketones (excluding diaryl/α,β-unsaturated/α-hetero) is 1. The summed E-state index contributed by atoms with van der Waals surface area (Å²) in [5.41, 5.74) is 4.64. The van der Waals surface area contributed by atoms with Gasteiger partial charge in [0.2, 0.25) is 0 Å². The molecule has 7 heteroatoms. The molecule has 2 aliphatic heterocycles. The highest BCUT2D eigenvalue weighted by atomic mass is 35.5. The molecule has 2 aliphatic rings. The number of piperidine rings is 1. The number of aromatic nitrogens is 1. The number of ketones is 1. The molecule has 0 spiro atoms. The van der Waals surface area contributed by atoms with Crippen molar-refractivity contribution in [1.82, 2.24) is 14.8 Å². The lowest BCUT2D eigenvalue weighted by molar-refractivity contribution is 0.0807. The summed E-state index contributed by atoms with van der Waals surface area (Å²) in [5.74, 6) is 1.33. The van der Waals surface area contributed by atoms with Crippen LogP contribution in [0.25, 0.3) is 10.9 Å². The van der Waals surface area contributed by atoms with Gasteiger partial charge in [-0.3, -0.25) is 14.5 Å². The lowest BCUT2D eigenvalue weighted by Gasteiger charge is -2.39. The van der Waals surface area contributed by atoms with Crippen LogP contribution >= 0.6 is 11.6 Å². The fraction of sp³-hybridized carbons (Fsp3) is 0.389. The minimum absolute atomic E-state index is 0.0762. The summed E-state index contributed by atoms with van der Waals surface area (Å²) in [7, 11) is 1.68. The van der Waals surface area contributed by atoms with Crippen LogP contribution in [0.1, 0.15) is 70.4 Å². The molecule has 43 heavy (non-hydrogen) atoms. The summed E-state index contributed by atoms with van der Waals surface area (Å²) in [6, 6.07) is 22.4. The number of nitrogens with zero attached hydrogens (tertiary/aromatic N) is 2. The number of halogens is 1. The minimum atomic E-state index is -0.0762. The second-order valence-corrected chi connectivity index (χ2v) is 12.6. The zero-order valence-electron chi connectivity index (χ0n) is 25.0. The number of ether oxygens (including phenoxy) is 1. The standard InChI is InChI=1S/C36H40ClN3O3/c1-24-8-3-4-9-27(24)22-38-36(42)32-23-39(35-31(32)12-6-13-34(35)43-2)16-7-17-40-29-14-15-30(40)19-25(18-29)20-33(41)26-10-5-11-28(37)21-26/h3-6,8-13,21,23,25,29-30H,7,14-20,22H2,1-2H3,(H,38,42)/t25-,29+,30-. The number of hydrogen-bond acceptors (Lipinski definition) is 4. The average molecular weight is 598 g/mol. The van der Waals surface area contributed by atoms with Crippen LogP contribution in [0.3, 0.4) is 0 Å². The number of amides is 1. The third-order valence-electron chi connectivity index (χ3n) is 9.44. The first-order chi connectivity index (χ1) is 20.9. The number of carbonyl (C=O) groups is 2. The molecule has 0 unspecified atom stereocenters. The van der Waals surface area contributed by atoms with E-state index in [1.165, 1.54) is 12.8 Å². The van der Waals surface area contributed by atoms with Gasteiger partial charge in [-0.15, -0.1) is 0 Å². The molecular formula is C36H40ClN3O3. The molecule has 0 radical (unpaired) electrons. The molecular weight excluding hydrogens is 558 g/mol. The molecule has 3 aromatic carbocycles. The van der Waals surface area contributed by atoms with E-state index in [2.05, 4.69) is 33.8 Å². The Bertz CT molecular complexity index is 1620. The average Bonchev–Trinajstić information content (AvgIpc) is 3.49. The molecule has 2 bridgehead atoms. The number of methoxy groups -OCH3 is 1. The van der Waals surface area contributed by atoms with Gasteiger partial charge in [-0.2, -0.15) is 0 Å². The molecule has 3 heterocycles. The molecule has 1 N–H and O–H groups in total. The van der Waals surface area contributed by atoms with Gasteiger partial charge in [-0.05, 0) is 74.3 Å². The van der Waals surface area contributed by atoms with Crippen LogP contribution in [-0.4, -0.2) is 46.9 Å². The highest BCUT2D eigenvalue weighted by molar-refractivity contribution is 6.31. The van der Waals surface area contributed by atoms with Gasteiger partial charge < -0.3 is 14.6 Å². The van der Waals surface area contributed by atoms with Crippen molar-refractivity contribution >= 4 is 34.2 Å². The maximum Gasteiger partial charge on any atom is 0.253 e. The molecule has 1 aromatic heterocycles. The smallest absolute Gasteiger partial charge is 0.253 e. The predicted molar refractivity (Wildman–Crippen MR) is 172 cm³/mol. The highest BCUT2D eigenvalue weighted by Gasteiger charge is 2.40. The van der Waals surface area contributed by atoms with E-state index in [-0.39, 0.29) is 11.7 Å². The zero-order valence-corrected chi connectivity index (χ0v) is 25.8. The summed E-state index contributed by atoms with van der Waals surface area (Å²) in [4.78, 5) is 29.0. The normalized spacial score (nSPS) is 19.9. The lowest BCUT2D eigenvalue weighted by atomic mass is 9.85. The Morgan fingerprint density at radius 3 is 2.49 bits per heavy atom. The molecule has 6 nitrogen and oxygen atoms in total. The number of fused-ring (bicyclic) bond motifs is 3. The maximum absolute atomic E-state index is 13.4. The third-order valence-corrected chi connectivity index (χ3v) is 9.68. The van der Waals surface area contributed by atoms with Crippen molar-refractivity contribution in [3.05, 3.63) is 100 Å². The first-order valence-electron chi connectivity index (χ1n) is 15.4. The summed E-state index contributed by atoms with van der Waals surface area (Å²) >= 11 is 6.12. The number of para-hydroxylation sites is 1. The Balaban J connectivity index is 1.10. The van der Waals surface area contributed by atoms with Gasteiger partial charge in [0.05, 0.1) is 18.2 Å². The molecule has 2 saturated heterocycles. The van der Waals surface area contributed by atoms with Crippen molar-refractivity contribution in [1.29, 1.82) is 0 Å². The van der Waals surface area contributed by atoms with Crippen LogP contribution in [0.15, 0.2) is 72.9 Å². The monoisotopic (exact) mass is 597 g/mol. The topological polar surface area (TPSA) is 63.6 Å². The van der Waals surface area contributed by atoms with Crippen LogP contribution in [0.2, 0.25) is 5.02 Å². The molecule has 2 fully saturated rings. The van der Waals surface area contributed by atoms with E-state index in [9.17, 15) is 9.59 Å². The summed E-state index contributed by atoms with van der Waals surface area (Å²) in [5, 5.41) is 4.65. The second-order valence-electron chi connectivity index (χ2n) is 12.2. The molecule has 224 valence electrons. The third kappa shape index (κ3) is 6.36. The number of rotatable bonds is 11. The van der Waals surface area contributed by atoms with Gasteiger partial charge in [-0.1, -0.05) is 60.1 Å². The minimum Gasteiger partial charge on any atom is -0.495 e. The Labute approximate surface area is 259 Å². The fourth-order valence-corrected chi connectivity index (χ4v) is 7.50. The van der Waals surface area contributed by atoms with Crippen LogP contribution in [0.5, 0.6) is 5.75 Å². The predicted octanol–water partition coefficient (Wildman–Crippen LogP) is 7.45. The summed E-state index contributed by atoms with van der Waals surface area (Å²) < 4.78 is 7.92. The Morgan fingerprint density at radius 2 is 1.74 bits per heavy atom. The number of benzene rings is 3. The van der Waals surface area contributed by atoms with Gasteiger partial charge in [0, 0.05) is 60.3 Å². The number of nitrogens with one attached hydrogen (secondary N) is 1. The second kappa shape index (κ2) is 12.9. The SMILES string of the molecule is COc1cccc2c(C(=O)NCc3ccccc3C)cn(CCCN3[C@@H]4CC[C@H]3C[C@@H](CC(=O)c3cccc(Cl)c3)C4)c12. The van der Waals surface area contributed by atoms with Crippen molar-refractivity contribution in [2.75, 3.05) is 13.7 Å². The van der Waals surface area contributed by atoms with Crippen LogP contribution in [0.4, 0.5) is 0 Å². The highest BCUT2D eigenvalue weighted by Crippen LogP contribution is 2.40. The van der Waals surface area contributed by atoms with E-state index in [4.69, 9.17) is 16.3 Å². The van der Waals surface area contributed by atoms with Gasteiger partial charge in [-0.25, -0.2) is 0 Å². The van der Waals surface area contributed by atoms with E-state index in [1.807, 2.05) is 54.7 Å². The summed E-state index contributed by atoms with van der Waals surface area (Å²) in [6.07, 6.45) is 8.14. The van der Waals surface area contributed by atoms with Gasteiger partial charge in [0.1, 0.15) is 5.75 Å². The van der Waals surface area contributed by atoms with Crippen molar-refractivity contribution in [3.63, 3.8) is 0 Å². The van der Waals surface area contributed by atoms with E-state index in [1.54, 1.807) is 13.2 Å². The van der Waals surface area contributed by atoms with E-state index in [0.29, 0.717) is 41.6 Å². The van der Waals surface area contributed by atoms with E-state index in [0.717, 1.165) is 65.7 Å². The first-order valence-corrected chi connectivity index (χ1v) is 15.8.